The fourth-order valence-corrected chi connectivity index (χ4v) is 2.72. The number of halogens is 2. The molecule has 0 heterocycles. The molecule has 2 atom stereocenters. The predicted molar refractivity (Wildman–Crippen MR) is 91.6 cm³/mol. The molecule has 23 heavy (non-hydrogen) atoms. The van der Waals surface area contributed by atoms with E-state index in [0.717, 1.165) is 5.56 Å². The van der Waals surface area contributed by atoms with E-state index in [0.29, 0.717) is 18.1 Å². The molecule has 1 aromatic rings. The molecular weight excluding hydrogens is 341 g/mol. The van der Waals surface area contributed by atoms with Crippen LogP contribution >= 0.6 is 23.2 Å². The number of hydrogen-bond acceptors (Lipinski definition) is 4. The van der Waals surface area contributed by atoms with Crippen LogP contribution in [0.15, 0.2) is 18.2 Å². The number of benzene rings is 1. The molecule has 0 fully saturated rings. The largest absolute Gasteiger partial charge is 0.493 e. The van der Waals surface area contributed by atoms with Crippen LogP contribution in [-0.2, 0) is 9.53 Å². The summed E-state index contributed by atoms with van der Waals surface area (Å²) in [6, 6.07) is 5.07. The molecule has 1 amide bonds. The minimum absolute atomic E-state index is 0.185. The molecule has 0 saturated carbocycles. The Morgan fingerprint density at radius 1 is 1.13 bits per heavy atom. The maximum atomic E-state index is 12.4. The van der Waals surface area contributed by atoms with Crippen LogP contribution in [0.4, 0.5) is 0 Å². The van der Waals surface area contributed by atoms with E-state index in [9.17, 15) is 4.79 Å². The van der Waals surface area contributed by atoms with Gasteiger partial charge >= 0.3 is 0 Å². The van der Waals surface area contributed by atoms with Crippen LogP contribution in [0.3, 0.4) is 0 Å². The molecule has 0 aliphatic carbocycles. The van der Waals surface area contributed by atoms with Gasteiger partial charge in [0, 0.05) is 7.11 Å². The maximum Gasteiger partial charge on any atom is 0.256 e. The number of carbonyl (C=O) groups excluding carboxylic acids is 1. The number of ether oxygens (including phenoxy) is 3. The Bertz CT molecular complexity index is 525. The van der Waals surface area contributed by atoms with Gasteiger partial charge in [-0.3, -0.25) is 4.79 Å². The van der Waals surface area contributed by atoms with Gasteiger partial charge in [-0.25, -0.2) is 0 Å². The predicted octanol–water partition coefficient (Wildman–Crippen LogP) is 3.43. The van der Waals surface area contributed by atoms with Crippen LogP contribution in [0.1, 0.15) is 25.5 Å². The van der Waals surface area contributed by atoms with Crippen molar-refractivity contribution in [2.45, 2.75) is 30.8 Å². The van der Waals surface area contributed by atoms with Crippen LogP contribution < -0.4 is 9.47 Å². The van der Waals surface area contributed by atoms with E-state index in [4.69, 9.17) is 37.4 Å². The number of nitrogens with zero attached hydrogens (tertiary/aromatic N) is 1. The van der Waals surface area contributed by atoms with Crippen molar-refractivity contribution in [3.8, 4) is 11.5 Å². The molecule has 0 bridgehead atoms. The van der Waals surface area contributed by atoms with Crippen molar-refractivity contribution >= 4 is 29.1 Å². The topological polar surface area (TPSA) is 48.0 Å². The Morgan fingerprint density at radius 2 is 1.74 bits per heavy atom. The van der Waals surface area contributed by atoms with Gasteiger partial charge in [0.15, 0.2) is 16.3 Å². The Morgan fingerprint density at radius 3 is 2.22 bits per heavy atom. The van der Waals surface area contributed by atoms with Gasteiger partial charge in [-0.05, 0) is 31.5 Å². The summed E-state index contributed by atoms with van der Waals surface area (Å²) in [5.74, 6) is 0.857. The van der Waals surface area contributed by atoms with E-state index in [2.05, 4.69) is 0 Å². The molecule has 0 saturated heterocycles. The number of alkyl halides is 2. The van der Waals surface area contributed by atoms with Crippen LogP contribution in [0.25, 0.3) is 0 Å². The highest BCUT2D eigenvalue weighted by Gasteiger charge is 2.30. The second-order valence-electron chi connectivity index (χ2n) is 5.14. The Kier molecular flexibility index (Phi) is 7.95. The molecule has 1 aromatic carbocycles. The van der Waals surface area contributed by atoms with Crippen LogP contribution in [0, 0.1) is 0 Å². The SMILES string of the molecule is COCC(C)N(C(=O)C(Cl)Cl)C(C)c1ccc(OC)c(OC)c1. The molecule has 2 unspecified atom stereocenters. The lowest BCUT2D eigenvalue weighted by Gasteiger charge is -2.35. The lowest BCUT2D eigenvalue weighted by Crippen LogP contribution is -2.45. The van der Waals surface area contributed by atoms with Crippen molar-refractivity contribution in [1.29, 1.82) is 0 Å². The Balaban J connectivity index is 3.18. The Labute approximate surface area is 147 Å². The fraction of sp³-hybridized carbons (Fsp3) is 0.562. The third-order valence-corrected chi connectivity index (χ3v) is 4.00. The number of amides is 1. The van der Waals surface area contributed by atoms with Crippen LogP contribution in [-0.4, -0.2) is 49.6 Å². The summed E-state index contributed by atoms with van der Waals surface area (Å²) in [7, 11) is 4.72. The van der Waals surface area contributed by atoms with Crippen molar-refractivity contribution in [2.75, 3.05) is 27.9 Å². The van der Waals surface area contributed by atoms with E-state index in [1.54, 1.807) is 32.3 Å². The summed E-state index contributed by atoms with van der Waals surface area (Å²) in [6.45, 7) is 4.17. The van der Waals surface area contributed by atoms with Crippen molar-refractivity contribution in [1.82, 2.24) is 4.90 Å². The standard InChI is InChI=1S/C16H23Cl2NO4/c1-10(9-21-3)19(16(20)15(17)18)11(2)12-6-7-13(22-4)14(8-12)23-5/h6-8,10-11,15H,9H2,1-5H3. The zero-order chi connectivity index (χ0) is 17.6. The fourth-order valence-electron chi connectivity index (χ4n) is 2.50. The number of hydrogen-bond donors (Lipinski definition) is 0. The number of methoxy groups -OCH3 is 3. The number of carbonyl (C=O) groups is 1. The quantitative estimate of drug-likeness (QED) is 0.663. The summed E-state index contributed by atoms with van der Waals surface area (Å²) in [5.41, 5.74) is 0.882. The minimum atomic E-state index is -1.13. The molecule has 1 rings (SSSR count). The first-order valence-electron chi connectivity index (χ1n) is 7.18. The van der Waals surface area contributed by atoms with Crippen molar-refractivity contribution in [2.24, 2.45) is 0 Å². The summed E-state index contributed by atoms with van der Waals surface area (Å²) in [5, 5.41) is 0. The summed E-state index contributed by atoms with van der Waals surface area (Å²) >= 11 is 11.6. The molecular formula is C16H23Cl2NO4. The molecule has 0 spiro atoms. The monoisotopic (exact) mass is 363 g/mol. The third-order valence-electron chi connectivity index (χ3n) is 3.63. The van der Waals surface area contributed by atoms with E-state index in [1.807, 2.05) is 26.0 Å². The summed E-state index contributed by atoms with van der Waals surface area (Å²) in [4.78, 5) is 12.9. The highest BCUT2D eigenvalue weighted by molar-refractivity contribution is 6.53. The second kappa shape index (κ2) is 9.21. The van der Waals surface area contributed by atoms with Gasteiger partial charge in [0.05, 0.1) is 32.9 Å². The summed E-state index contributed by atoms with van der Waals surface area (Å²) < 4.78 is 15.7. The van der Waals surface area contributed by atoms with E-state index in [1.165, 1.54) is 0 Å². The molecule has 0 radical (unpaired) electrons. The molecule has 0 aliphatic rings. The van der Waals surface area contributed by atoms with Crippen molar-refractivity contribution < 1.29 is 19.0 Å². The van der Waals surface area contributed by atoms with Crippen LogP contribution in [0.5, 0.6) is 11.5 Å². The first-order chi connectivity index (χ1) is 10.9. The van der Waals surface area contributed by atoms with Gasteiger partial charge in [-0.15, -0.1) is 0 Å². The van der Waals surface area contributed by atoms with Gasteiger partial charge in [0.2, 0.25) is 0 Å². The highest BCUT2D eigenvalue weighted by atomic mass is 35.5. The first kappa shape index (κ1) is 19.9. The average molecular weight is 364 g/mol. The van der Waals surface area contributed by atoms with Crippen LogP contribution in [0.2, 0.25) is 0 Å². The molecule has 0 N–H and O–H groups in total. The van der Waals surface area contributed by atoms with Gasteiger partial charge < -0.3 is 19.1 Å². The van der Waals surface area contributed by atoms with Gasteiger partial charge in [-0.1, -0.05) is 29.3 Å². The smallest absolute Gasteiger partial charge is 0.256 e. The zero-order valence-electron chi connectivity index (χ0n) is 14.0. The van der Waals surface area contributed by atoms with E-state index < -0.39 is 4.84 Å². The molecule has 130 valence electrons. The van der Waals surface area contributed by atoms with E-state index in [-0.39, 0.29) is 18.0 Å². The first-order valence-corrected chi connectivity index (χ1v) is 8.05. The highest BCUT2D eigenvalue weighted by Crippen LogP contribution is 2.33. The van der Waals surface area contributed by atoms with Crippen molar-refractivity contribution in [3.63, 3.8) is 0 Å². The molecule has 5 nitrogen and oxygen atoms in total. The zero-order valence-corrected chi connectivity index (χ0v) is 15.5. The molecule has 7 heteroatoms. The molecule has 0 aromatic heterocycles. The third kappa shape index (κ3) is 4.90. The normalized spacial score (nSPS) is 13.6. The lowest BCUT2D eigenvalue weighted by atomic mass is 10.0. The number of rotatable bonds is 8. The second-order valence-corrected chi connectivity index (χ2v) is 6.24. The minimum Gasteiger partial charge on any atom is -0.493 e. The maximum absolute atomic E-state index is 12.4. The average Bonchev–Trinajstić information content (AvgIpc) is 2.54. The van der Waals surface area contributed by atoms with Crippen molar-refractivity contribution in [3.05, 3.63) is 23.8 Å². The van der Waals surface area contributed by atoms with Gasteiger partial charge in [-0.2, -0.15) is 0 Å². The lowest BCUT2D eigenvalue weighted by molar-refractivity contribution is -0.135. The Hall–Kier alpha value is -1.17. The van der Waals surface area contributed by atoms with E-state index >= 15 is 0 Å². The summed E-state index contributed by atoms with van der Waals surface area (Å²) in [6.07, 6.45) is 0. The van der Waals surface area contributed by atoms with Gasteiger partial charge in [0.25, 0.3) is 5.91 Å². The molecule has 0 aliphatic heterocycles. The van der Waals surface area contributed by atoms with Gasteiger partial charge in [0.1, 0.15) is 0 Å².